The molecule has 0 radical (unpaired) electrons. The molecule has 7 heteroatoms. The predicted octanol–water partition coefficient (Wildman–Crippen LogP) is 3.61. The van der Waals surface area contributed by atoms with Crippen molar-refractivity contribution >= 4 is 33.6 Å². The Morgan fingerprint density at radius 3 is 2.81 bits per heavy atom. The molecule has 4 aromatic rings. The number of aromatic nitrogens is 4. The number of benzene rings is 1. The second-order valence-corrected chi connectivity index (χ2v) is 6.87. The number of hydrogen-bond acceptors (Lipinski definition) is 3. The van der Waals surface area contributed by atoms with Gasteiger partial charge in [-0.15, -0.1) is 0 Å². The van der Waals surface area contributed by atoms with E-state index in [1.807, 2.05) is 65.5 Å². The maximum Gasteiger partial charge on any atom is 0.244 e. The summed E-state index contributed by atoms with van der Waals surface area (Å²) in [6.07, 6.45) is 10.7. The Kier molecular flexibility index (Phi) is 4.84. The van der Waals surface area contributed by atoms with Gasteiger partial charge in [-0.05, 0) is 46.3 Å². The number of rotatable bonds is 5. The number of para-hydroxylation sites is 1. The van der Waals surface area contributed by atoms with E-state index < -0.39 is 0 Å². The topological polar surface area (TPSA) is 64.2 Å². The standard InChI is InChI=1S/C20H16BrN5O/c21-16-7-8-19-24-17(14-25(19)13-16)11-22-20(27)9-6-15-10-23-26(12-15)18-4-2-1-3-5-18/h1-10,12-14H,11H2,(H,22,27)/b9-6+. The summed E-state index contributed by atoms with van der Waals surface area (Å²) in [5, 5.41) is 7.15. The van der Waals surface area contributed by atoms with E-state index in [2.05, 4.69) is 31.3 Å². The van der Waals surface area contributed by atoms with Crippen molar-refractivity contribution in [2.75, 3.05) is 0 Å². The van der Waals surface area contributed by atoms with Crippen molar-refractivity contribution in [1.29, 1.82) is 0 Å². The molecule has 4 rings (SSSR count). The number of halogens is 1. The number of amides is 1. The molecule has 0 bridgehead atoms. The molecule has 0 atom stereocenters. The first-order valence-corrected chi connectivity index (χ1v) is 9.16. The van der Waals surface area contributed by atoms with Gasteiger partial charge in [-0.3, -0.25) is 4.79 Å². The van der Waals surface area contributed by atoms with Crippen LogP contribution in [0.3, 0.4) is 0 Å². The SMILES string of the molecule is O=C(/C=C/c1cnn(-c2ccccc2)c1)NCc1cn2cc(Br)ccc2n1. The largest absolute Gasteiger partial charge is 0.347 e. The van der Waals surface area contributed by atoms with Gasteiger partial charge in [0.1, 0.15) is 5.65 Å². The van der Waals surface area contributed by atoms with Gasteiger partial charge in [0.05, 0.1) is 24.1 Å². The highest BCUT2D eigenvalue weighted by Gasteiger charge is 2.04. The van der Waals surface area contributed by atoms with E-state index in [9.17, 15) is 4.79 Å². The summed E-state index contributed by atoms with van der Waals surface area (Å²) in [7, 11) is 0. The molecule has 0 spiro atoms. The van der Waals surface area contributed by atoms with Crippen LogP contribution in [0.25, 0.3) is 17.4 Å². The average molecular weight is 422 g/mol. The average Bonchev–Trinajstić information content (AvgIpc) is 3.32. The van der Waals surface area contributed by atoms with E-state index in [0.29, 0.717) is 6.54 Å². The van der Waals surface area contributed by atoms with E-state index in [0.717, 1.165) is 27.1 Å². The molecular formula is C20H16BrN5O. The molecule has 0 aliphatic heterocycles. The Hall–Kier alpha value is -3.19. The van der Waals surface area contributed by atoms with Gasteiger partial charge in [-0.2, -0.15) is 5.10 Å². The van der Waals surface area contributed by atoms with E-state index in [1.165, 1.54) is 6.08 Å². The second kappa shape index (κ2) is 7.59. The summed E-state index contributed by atoms with van der Waals surface area (Å²) in [4.78, 5) is 16.5. The summed E-state index contributed by atoms with van der Waals surface area (Å²) in [6, 6.07) is 13.7. The van der Waals surface area contributed by atoms with Gasteiger partial charge in [0, 0.05) is 34.7 Å². The van der Waals surface area contributed by atoms with Gasteiger partial charge in [0.2, 0.25) is 5.91 Å². The molecule has 3 heterocycles. The number of nitrogens with one attached hydrogen (secondary N) is 1. The highest BCUT2D eigenvalue weighted by atomic mass is 79.9. The molecule has 0 aliphatic rings. The summed E-state index contributed by atoms with van der Waals surface area (Å²) in [6.45, 7) is 0.367. The predicted molar refractivity (Wildman–Crippen MR) is 107 cm³/mol. The normalized spacial score (nSPS) is 11.3. The minimum Gasteiger partial charge on any atom is -0.347 e. The Morgan fingerprint density at radius 2 is 1.96 bits per heavy atom. The highest BCUT2D eigenvalue weighted by molar-refractivity contribution is 9.10. The summed E-state index contributed by atoms with van der Waals surface area (Å²) in [5.74, 6) is -0.180. The molecule has 1 amide bonds. The van der Waals surface area contributed by atoms with Crippen LogP contribution in [0.5, 0.6) is 0 Å². The second-order valence-electron chi connectivity index (χ2n) is 5.95. The maximum absolute atomic E-state index is 12.1. The van der Waals surface area contributed by atoms with E-state index in [4.69, 9.17) is 0 Å². The Balaban J connectivity index is 1.36. The Bertz CT molecular complexity index is 1110. The fourth-order valence-corrected chi connectivity index (χ4v) is 3.01. The zero-order valence-corrected chi connectivity index (χ0v) is 15.9. The molecule has 6 nitrogen and oxygen atoms in total. The van der Waals surface area contributed by atoms with E-state index in [-0.39, 0.29) is 5.91 Å². The van der Waals surface area contributed by atoms with Crippen molar-refractivity contribution in [3.63, 3.8) is 0 Å². The first kappa shape index (κ1) is 17.2. The molecular weight excluding hydrogens is 406 g/mol. The number of carbonyl (C=O) groups is 1. The molecule has 0 saturated carbocycles. The zero-order chi connectivity index (χ0) is 18.6. The number of fused-ring (bicyclic) bond motifs is 1. The highest BCUT2D eigenvalue weighted by Crippen LogP contribution is 2.12. The monoisotopic (exact) mass is 421 g/mol. The van der Waals surface area contributed by atoms with Crippen molar-refractivity contribution < 1.29 is 4.79 Å². The third-order valence-electron chi connectivity index (χ3n) is 3.96. The van der Waals surface area contributed by atoms with Gasteiger partial charge >= 0.3 is 0 Å². The first-order valence-electron chi connectivity index (χ1n) is 8.36. The fraction of sp³-hybridized carbons (Fsp3) is 0.0500. The molecule has 0 unspecified atom stereocenters. The summed E-state index contributed by atoms with van der Waals surface area (Å²) >= 11 is 3.43. The number of nitrogens with zero attached hydrogens (tertiary/aromatic N) is 4. The Labute approximate surface area is 164 Å². The van der Waals surface area contributed by atoms with Crippen LogP contribution < -0.4 is 5.32 Å². The summed E-state index contributed by atoms with van der Waals surface area (Å²) < 4.78 is 4.66. The van der Waals surface area contributed by atoms with Gasteiger partial charge in [0.25, 0.3) is 0 Å². The molecule has 134 valence electrons. The summed E-state index contributed by atoms with van der Waals surface area (Å²) in [5.41, 5.74) is 3.46. The fourth-order valence-electron chi connectivity index (χ4n) is 2.66. The van der Waals surface area contributed by atoms with E-state index in [1.54, 1.807) is 17.0 Å². The van der Waals surface area contributed by atoms with E-state index >= 15 is 0 Å². The van der Waals surface area contributed by atoms with Crippen LogP contribution in [0.4, 0.5) is 0 Å². The first-order chi connectivity index (χ1) is 13.2. The van der Waals surface area contributed by atoms with Crippen LogP contribution in [0.1, 0.15) is 11.3 Å². The molecule has 1 N–H and O–H groups in total. The molecule has 0 aliphatic carbocycles. The lowest BCUT2D eigenvalue weighted by Gasteiger charge is -1.98. The third kappa shape index (κ3) is 4.15. The lowest BCUT2D eigenvalue weighted by Crippen LogP contribution is -2.20. The molecule has 0 saturated heterocycles. The van der Waals surface area contributed by atoms with Crippen molar-refractivity contribution in [2.45, 2.75) is 6.54 Å². The van der Waals surface area contributed by atoms with Gasteiger partial charge in [-0.1, -0.05) is 18.2 Å². The smallest absolute Gasteiger partial charge is 0.244 e. The molecule has 27 heavy (non-hydrogen) atoms. The lowest BCUT2D eigenvalue weighted by molar-refractivity contribution is -0.116. The van der Waals surface area contributed by atoms with Crippen LogP contribution in [0.2, 0.25) is 0 Å². The van der Waals surface area contributed by atoms with Gasteiger partial charge in [-0.25, -0.2) is 9.67 Å². The van der Waals surface area contributed by atoms with Gasteiger partial charge in [0.15, 0.2) is 0 Å². The van der Waals surface area contributed by atoms with Crippen LogP contribution in [0, 0.1) is 0 Å². The van der Waals surface area contributed by atoms with Crippen LogP contribution in [0.15, 0.2) is 77.8 Å². The quantitative estimate of drug-likeness (QED) is 0.500. The molecule has 1 aromatic carbocycles. The van der Waals surface area contributed by atoms with Crippen molar-refractivity contribution in [3.8, 4) is 5.69 Å². The minimum absolute atomic E-state index is 0.180. The number of imidazole rings is 1. The number of pyridine rings is 1. The lowest BCUT2D eigenvalue weighted by atomic mass is 10.3. The van der Waals surface area contributed by atoms with Crippen molar-refractivity contribution in [3.05, 3.63) is 89.1 Å². The van der Waals surface area contributed by atoms with Crippen LogP contribution in [-0.2, 0) is 11.3 Å². The molecule has 0 fully saturated rings. The minimum atomic E-state index is -0.180. The maximum atomic E-state index is 12.1. The Morgan fingerprint density at radius 1 is 1.11 bits per heavy atom. The zero-order valence-electron chi connectivity index (χ0n) is 14.3. The van der Waals surface area contributed by atoms with Crippen LogP contribution >= 0.6 is 15.9 Å². The van der Waals surface area contributed by atoms with Crippen molar-refractivity contribution in [2.24, 2.45) is 0 Å². The molecule has 3 aromatic heterocycles. The van der Waals surface area contributed by atoms with Crippen LogP contribution in [-0.4, -0.2) is 25.1 Å². The third-order valence-corrected chi connectivity index (χ3v) is 4.43. The number of carbonyl (C=O) groups excluding carboxylic acids is 1. The number of hydrogen-bond donors (Lipinski definition) is 1. The van der Waals surface area contributed by atoms with Crippen molar-refractivity contribution in [1.82, 2.24) is 24.5 Å². The van der Waals surface area contributed by atoms with Gasteiger partial charge < -0.3 is 9.72 Å².